The average molecular weight is 338 g/mol. The van der Waals surface area contributed by atoms with Crippen LogP contribution in [0.2, 0.25) is 0 Å². The van der Waals surface area contributed by atoms with Crippen molar-refractivity contribution in [2.24, 2.45) is 0 Å². The molecule has 0 aromatic heterocycles. The van der Waals surface area contributed by atoms with Crippen LogP contribution in [0.25, 0.3) is 0 Å². The fourth-order valence-electron chi connectivity index (χ4n) is 2.80. The van der Waals surface area contributed by atoms with Crippen LogP contribution in [-0.4, -0.2) is 42.9 Å². The van der Waals surface area contributed by atoms with E-state index in [2.05, 4.69) is 10.2 Å². The number of anilines is 1. The van der Waals surface area contributed by atoms with Crippen LogP contribution in [0.4, 0.5) is 5.69 Å². The molecule has 1 N–H and O–H groups in total. The van der Waals surface area contributed by atoms with E-state index in [1.807, 2.05) is 24.3 Å². The Labute approximate surface area is 147 Å². The third-order valence-corrected chi connectivity index (χ3v) is 4.25. The van der Waals surface area contributed by atoms with E-state index >= 15 is 0 Å². The van der Waals surface area contributed by atoms with Crippen molar-refractivity contribution in [3.8, 4) is 0 Å². The molecule has 1 fully saturated rings. The number of nitrogens with zero attached hydrogens (tertiary/aromatic N) is 1. The zero-order valence-electron chi connectivity index (χ0n) is 14.3. The summed E-state index contributed by atoms with van der Waals surface area (Å²) in [6.07, 6.45) is 0. The maximum atomic E-state index is 12.4. The summed E-state index contributed by atoms with van der Waals surface area (Å²) in [4.78, 5) is 26.1. The normalized spacial score (nSPS) is 14.9. The minimum atomic E-state index is -0.182. The molecule has 2 aromatic rings. The van der Waals surface area contributed by atoms with Crippen LogP contribution in [0.5, 0.6) is 0 Å². The molecule has 0 bridgehead atoms. The minimum absolute atomic E-state index is 0.0245. The third-order valence-electron chi connectivity index (χ3n) is 4.25. The molecule has 3 rings (SSSR count). The Morgan fingerprint density at radius 3 is 2.44 bits per heavy atom. The van der Waals surface area contributed by atoms with Crippen molar-refractivity contribution in [1.82, 2.24) is 4.90 Å². The van der Waals surface area contributed by atoms with Crippen molar-refractivity contribution >= 4 is 17.4 Å². The van der Waals surface area contributed by atoms with Crippen LogP contribution in [0.1, 0.15) is 33.2 Å². The summed E-state index contributed by atoms with van der Waals surface area (Å²) in [5.41, 5.74) is 2.98. The summed E-state index contributed by atoms with van der Waals surface area (Å²) < 4.78 is 5.35. The predicted molar refractivity (Wildman–Crippen MR) is 96.9 cm³/mol. The van der Waals surface area contributed by atoms with Gasteiger partial charge in [-0.15, -0.1) is 0 Å². The van der Waals surface area contributed by atoms with Crippen molar-refractivity contribution in [3.63, 3.8) is 0 Å². The van der Waals surface area contributed by atoms with Crippen LogP contribution < -0.4 is 5.32 Å². The molecule has 25 heavy (non-hydrogen) atoms. The number of hydrogen-bond acceptors (Lipinski definition) is 4. The fourth-order valence-corrected chi connectivity index (χ4v) is 2.80. The Kier molecular flexibility index (Phi) is 5.58. The summed E-state index contributed by atoms with van der Waals surface area (Å²) in [5.74, 6) is -0.206. The molecule has 0 aliphatic carbocycles. The van der Waals surface area contributed by atoms with Gasteiger partial charge in [0.1, 0.15) is 0 Å². The van der Waals surface area contributed by atoms with Gasteiger partial charge in [-0.2, -0.15) is 0 Å². The highest BCUT2D eigenvalue weighted by molar-refractivity contribution is 6.05. The number of Topliss-reactive ketones (excluding diaryl/α,β-unsaturated/α-hetero) is 1. The number of ketones is 1. The first-order chi connectivity index (χ1) is 12.1. The fraction of sp³-hybridized carbons (Fsp3) is 0.300. The maximum absolute atomic E-state index is 12.4. The van der Waals surface area contributed by atoms with E-state index in [1.54, 1.807) is 24.3 Å². The van der Waals surface area contributed by atoms with Crippen LogP contribution in [0.3, 0.4) is 0 Å². The van der Waals surface area contributed by atoms with Crippen molar-refractivity contribution in [2.45, 2.75) is 13.5 Å². The summed E-state index contributed by atoms with van der Waals surface area (Å²) in [6.45, 7) is 5.81. The van der Waals surface area contributed by atoms with Crippen molar-refractivity contribution in [3.05, 3.63) is 65.2 Å². The summed E-state index contributed by atoms with van der Waals surface area (Å²) in [6, 6.07) is 14.6. The lowest BCUT2D eigenvalue weighted by atomic mass is 10.1. The molecule has 1 saturated heterocycles. The van der Waals surface area contributed by atoms with Crippen molar-refractivity contribution < 1.29 is 14.3 Å². The first-order valence-corrected chi connectivity index (χ1v) is 8.43. The standard InChI is InChI=1S/C20H22N2O3/c1-15(23)18-3-2-4-19(13-18)21-20(24)17-7-5-16(6-8-17)14-22-9-11-25-12-10-22/h2-8,13H,9-12,14H2,1H3,(H,21,24). The molecule has 1 aliphatic heterocycles. The Bertz CT molecular complexity index is 750. The van der Waals surface area contributed by atoms with Gasteiger partial charge < -0.3 is 10.1 Å². The first kappa shape index (κ1) is 17.3. The maximum Gasteiger partial charge on any atom is 0.255 e. The monoisotopic (exact) mass is 338 g/mol. The van der Waals surface area contributed by atoms with Gasteiger partial charge >= 0.3 is 0 Å². The van der Waals surface area contributed by atoms with Gasteiger partial charge in [-0.1, -0.05) is 24.3 Å². The number of carbonyl (C=O) groups is 2. The number of morpholine rings is 1. The second-order valence-electron chi connectivity index (χ2n) is 6.18. The van der Waals surface area contributed by atoms with Gasteiger partial charge in [0.05, 0.1) is 13.2 Å². The first-order valence-electron chi connectivity index (χ1n) is 8.43. The Balaban J connectivity index is 1.62. The second kappa shape index (κ2) is 8.05. The molecular weight excluding hydrogens is 316 g/mol. The Morgan fingerprint density at radius 1 is 1.04 bits per heavy atom. The van der Waals surface area contributed by atoms with E-state index in [9.17, 15) is 9.59 Å². The molecule has 5 nitrogen and oxygen atoms in total. The topological polar surface area (TPSA) is 58.6 Å². The van der Waals surface area contributed by atoms with Gasteiger partial charge in [0.2, 0.25) is 0 Å². The van der Waals surface area contributed by atoms with E-state index < -0.39 is 0 Å². The zero-order chi connectivity index (χ0) is 17.6. The quantitative estimate of drug-likeness (QED) is 0.852. The van der Waals surface area contributed by atoms with Gasteiger partial charge in [-0.3, -0.25) is 14.5 Å². The lowest BCUT2D eigenvalue weighted by Crippen LogP contribution is -2.35. The number of rotatable bonds is 5. The van der Waals surface area contributed by atoms with Crippen LogP contribution in [0, 0.1) is 0 Å². The summed E-state index contributed by atoms with van der Waals surface area (Å²) >= 11 is 0. The van der Waals surface area contributed by atoms with Crippen LogP contribution >= 0.6 is 0 Å². The van der Waals surface area contributed by atoms with E-state index in [1.165, 1.54) is 12.5 Å². The van der Waals surface area contributed by atoms with Crippen molar-refractivity contribution in [2.75, 3.05) is 31.6 Å². The number of nitrogens with one attached hydrogen (secondary N) is 1. The van der Waals surface area contributed by atoms with Crippen molar-refractivity contribution in [1.29, 1.82) is 0 Å². The summed E-state index contributed by atoms with van der Waals surface area (Å²) in [7, 11) is 0. The molecule has 1 amide bonds. The van der Waals surface area contributed by atoms with Gasteiger partial charge in [-0.05, 0) is 36.8 Å². The van der Waals surface area contributed by atoms with Gasteiger partial charge in [0.25, 0.3) is 5.91 Å². The Hall–Kier alpha value is -2.50. The zero-order valence-corrected chi connectivity index (χ0v) is 14.3. The minimum Gasteiger partial charge on any atom is -0.379 e. The second-order valence-corrected chi connectivity index (χ2v) is 6.18. The highest BCUT2D eigenvalue weighted by atomic mass is 16.5. The molecule has 0 saturated carbocycles. The lowest BCUT2D eigenvalue weighted by Gasteiger charge is -2.26. The lowest BCUT2D eigenvalue weighted by molar-refractivity contribution is 0.0342. The summed E-state index contributed by atoms with van der Waals surface area (Å²) in [5, 5.41) is 2.84. The smallest absolute Gasteiger partial charge is 0.255 e. The predicted octanol–water partition coefficient (Wildman–Crippen LogP) is 2.97. The Morgan fingerprint density at radius 2 is 1.76 bits per heavy atom. The molecule has 1 aliphatic rings. The molecule has 0 unspecified atom stereocenters. The van der Waals surface area contributed by atoms with E-state index in [0.717, 1.165) is 32.8 Å². The molecule has 0 radical (unpaired) electrons. The average Bonchev–Trinajstić information content (AvgIpc) is 2.63. The van der Waals surface area contributed by atoms with Gasteiger partial charge in [-0.25, -0.2) is 0 Å². The molecule has 0 spiro atoms. The number of carbonyl (C=O) groups excluding carboxylic acids is 2. The molecule has 2 aromatic carbocycles. The number of hydrogen-bond donors (Lipinski definition) is 1. The van der Waals surface area contributed by atoms with Crippen LogP contribution in [0.15, 0.2) is 48.5 Å². The largest absolute Gasteiger partial charge is 0.379 e. The number of amides is 1. The highest BCUT2D eigenvalue weighted by Crippen LogP contribution is 2.14. The molecule has 1 heterocycles. The van der Waals surface area contributed by atoms with E-state index in [4.69, 9.17) is 4.74 Å². The molecule has 130 valence electrons. The van der Waals surface area contributed by atoms with E-state index in [-0.39, 0.29) is 11.7 Å². The van der Waals surface area contributed by atoms with E-state index in [0.29, 0.717) is 16.8 Å². The highest BCUT2D eigenvalue weighted by Gasteiger charge is 2.12. The number of ether oxygens (including phenoxy) is 1. The molecule has 0 atom stereocenters. The van der Waals surface area contributed by atoms with Gasteiger partial charge in [0.15, 0.2) is 5.78 Å². The molecular formula is C20H22N2O3. The van der Waals surface area contributed by atoms with Gasteiger partial charge in [0, 0.05) is 36.4 Å². The number of benzene rings is 2. The third kappa shape index (κ3) is 4.75. The SMILES string of the molecule is CC(=O)c1cccc(NC(=O)c2ccc(CN3CCOCC3)cc2)c1. The van der Waals surface area contributed by atoms with Crippen LogP contribution in [-0.2, 0) is 11.3 Å². The molecule has 5 heteroatoms.